The normalized spacial score (nSPS) is 11.3. The van der Waals surface area contributed by atoms with E-state index in [4.69, 9.17) is 37.4 Å². The average molecular weight is 643 g/mol. The zero-order valence-electron chi connectivity index (χ0n) is 23.4. The summed E-state index contributed by atoms with van der Waals surface area (Å²) in [5.41, 5.74) is 4.06. The maximum absolute atomic E-state index is 13.6. The molecule has 4 rings (SSSR count). The molecule has 12 heteroatoms. The third-order valence-corrected chi connectivity index (χ3v) is 8.27. The number of benzene rings is 4. The number of halogens is 2. The number of ether oxygens (including phenoxy) is 3. The molecule has 0 heterocycles. The van der Waals surface area contributed by atoms with Crippen LogP contribution in [0.4, 0.5) is 5.69 Å². The molecule has 0 atom stereocenters. The summed E-state index contributed by atoms with van der Waals surface area (Å²) in [7, 11) is -2.78. The van der Waals surface area contributed by atoms with Crippen LogP contribution in [0.5, 0.6) is 17.2 Å². The summed E-state index contributed by atoms with van der Waals surface area (Å²) < 4.78 is 45.2. The lowest BCUT2D eigenvalue weighted by atomic mass is 10.2. The van der Waals surface area contributed by atoms with Gasteiger partial charge in [-0.25, -0.2) is 13.8 Å². The van der Waals surface area contributed by atoms with Gasteiger partial charge in [-0.15, -0.1) is 0 Å². The van der Waals surface area contributed by atoms with Gasteiger partial charge >= 0.3 is 0 Å². The number of nitrogens with one attached hydrogen (secondary N) is 1. The molecular weight excluding hydrogens is 613 g/mol. The van der Waals surface area contributed by atoms with Crippen molar-refractivity contribution in [1.29, 1.82) is 0 Å². The summed E-state index contributed by atoms with van der Waals surface area (Å²) in [5, 5.41) is 4.94. The summed E-state index contributed by atoms with van der Waals surface area (Å²) >= 11 is 12.1. The molecule has 0 aromatic heterocycles. The van der Waals surface area contributed by atoms with Gasteiger partial charge in [-0.2, -0.15) is 5.10 Å². The van der Waals surface area contributed by atoms with Crippen molar-refractivity contribution in [2.45, 2.75) is 18.4 Å². The lowest BCUT2D eigenvalue weighted by Gasteiger charge is -2.25. The molecule has 0 unspecified atom stereocenters. The zero-order chi connectivity index (χ0) is 30.8. The molecular formula is C31H29Cl2N3O6S. The predicted octanol–water partition coefficient (Wildman–Crippen LogP) is 6.33. The Balaban J connectivity index is 1.50. The van der Waals surface area contributed by atoms with E-state index in [0.717, 1.165) is 9.87 Å². The van der Waals surface area contributed by atoms with Gasteiger partial charge in [0.25, 0.3) is 15.9 Å². The van der Waals surface area contributed by atoms with Crippen LogP contribution in [-0.4, -0.2) is 40.8 Å². The number of hydrogen-bond acceptors (Lipinski definition) is 7. The quantitative estimate of drug-likeness (QED) is 0.135. The van der Waals surface area contributed by atoms with Crippen LogP contribution in [0.3, 0.4) is 0 Å². The van der Waals surface area contributed by atoms with Crippen molar-refractivity contribution in [3.63, 3.8) is 0 Å². The first-order chi connectivity index (χ1) is 20.7. The number of anilines is 1. The van der Waals surface area contributed by atoms with Crippen molar-refractivity contribution in [2.75, 3.05) is 24.6 Å². The number of rotatable bonds is 13. The van der Waals surface area contributed by atoms with Crippen molar-refractivity contribution in [3.05, 3.63) is 112 Å². The van der Waals surface area contributed by atoms with Gasteiger partial charge in [0.1, 0.15) is 18.9 Å². The summed E-state index contributed by atoms with van der Waals surface area (Å²) in [6, 6.07) is 24.8. The first-order valence-electron chi connectivity index (χ1n) is 13.1. The highest BCUT2D eigenvalue weighted by Crippen LogP contribution is 2.35. The molecule has 43 heavy (non-hydrogen) atoms. The number of methoxy groups -OCH3 is 1. The van der Waals surface area contributed by atoms with Gasteiger partial charge in [-0.1, -0.05) is 53.5 Å². The molecule has 0 radical (unpaired) electrons. The van der Waals surface area contributed by atoms with E-state index in [1.165, 1.54) is 37.6 Å². The minimum atomic E-state index is -4.18. The van der Waals surface area contributed by atoms with Crippen LogP contribution >= 0.6 is 23.2 Å². The molecule has 0 aliphatic heterocycles. The van der Waals surface area contributed by atoms with Crippen LogP contribution in [0.2, 0.25) is 10.0 Å². The van der Waals surface area contributed by atoms with Crippen LogP contribution in [-0.2, 0) is 21.4 Å². The van der Waals surface area contributed by atoms with E-state index in [9.17, 15) is 13.2 Å². The summed E-state index contributed by atoms with van der Waals surface area (Å²) in [6.45, 7) is 1.99. The molecule has 0 fully saturated rings. The van der Waals surface area contributed by atoms with Gasteiger partial charge < -0.3 is 14.2 Å². The molecule has 1 N–H and O–H groups in total. The Morgan fingerprint density at radius 3 is 2.28 bits per heavy atom. The van der Waals surface area contributed by atoms with E-state index in [-0.39, 0.29) is 21.4 Å². The minimum Gasteiger partial charge on any atom is -0.495 e. The van der Waals surface area contributed by atoms with Crippen molar-refractivity contribution in [2.24, 2.45) is 5.10 Å². The minimum absolute atomic E-state index is 0.00449. The van der Waals surface area contributed by atoms with Crippen molar-refractivity contribution in [3.8, 4) is 17.2 Å². The number of nitrogens with zero attached hydrogens (tertiary/aromatic N) is 2. The standard InChI is InChI=1S/C31H29Cl2N3O6S/c1-3-41-30-17-23(11-15-29(30)42-21-22-9-12-24(32)13-10-22)19-34-35-31(37)20-36(27-18-25(33)14-16-28(27)40-2)43(38,39)26-7-5-4-6-8-26/h4-19H,3,20-21H2,1-2H3,(H,35,37). The zero-order valence-corrected chi connectivity index (χ0v) is 25.7. The third kappa shape index (κ3) is 8.41. The first kappa shape index (κ1) is 31.7. The number of sulfonamides is 1. The van der Waals surface area contributed by atoms with Crippen molar-refractivity contribution >= 4 is 51.0 Å². The van der Waals surface area contributed by atoms with Crippen LogP contribution in [0.1, 0.15) is 18.1 Å². The van der Waals surface area contributed by atoms with E-state index < -0.39 is 22.5 Å². The van der Waals surface area contributed by atoms with E-state index >= 15 is 0 Å². The van der Waals surface area contributed by atoms with Gasteiger partial charge in [-0.05, 0) is 78.7 Å². The molecule has 4 aromatic rings. The number of carbonyl (C=O) groups is 1. The van der Waals surface area contributed by atoms with Crippen LogP contribution in [0.15, 0.2) is 101 Å². The van der Waals surface area contributed by atoms with Gasteiger partial charge in [-0.3, -0.25) is 9.10 Å². The Morgan fingerprint density at radius 2 is 1.58 bits per heavy atom. The highest BCUT2D eigenvalue weighted by Gasteiger charge is 2.29. The number of hydrogen-bond donors (Lipinski definition) is 1. The molecule has 4 aromatic carbocycles. The Labute approximate surface area is 260 Å². The van der Waals surface area contributed by atoms with Crippen molar-refractivity contribution < 1.29 is 27.4 Å². The molecule has 0 aliphatic carbocycles. The maximum atomic E-state index is 13.6. The van der Waals surface area contributed by atoms with Gasteiger partial charge in [0.2, 0.25) is 0 Å². The lowest BCUT2D eigenvalue weighted by Crippen LogP contribution is -2.39. The monoisotopic (exact) mass is 641 g/mol. The highest BCUT2D eigenvalue weighted by atomic mass is 35.5. The second-order valence-electron chi connectivity index (χ2n) is 8.99. The van der Waals surface area contributed by atoms with Crippen LogP contribution < -0.4 is 23.9 Å². The molecule has 0 saturated heterocycles. The fourth-order valence-corrected chi connectivity index (χ4v) is 5.69. The second kappa shape index (κ2) is 14.8. The largest absolute Gasteiger partial charge is 0.495 e. The fourth-order valence-electron chi connectivity index (χ4n) is 3.96. The summed E-state index contributed by atoms with van der Waals surface area (Å²) in [5.74, 6) is 0.572. The highest BCUT2D eigenvalue weighted by molar-refractivity contribution is 7.92. The Bertz CT molecular complexity index is 1680. The van der Waals surface area contributed by atoms with Gasteiger partial charge in [0.05, 0.1) is 30.5 Å². The van der Waals surface area contributed by atoms with Gasteiger partial charge in [0, 0.05) is 10.0 Å². The maximum Gasteiger partial charge on any atom is 0.264 e. The molecule has 0 aliphatic rings. The number of amides is 1. The number of hydrazone groups is 1. The lowest BCUT2D eigenvalue weighted by molar-refractivity contribution is -0.119. The third-order valence-electron chi connectivity index (χ3n) is 6.01. The number of carbonyl (C=O) groups excluding carboxylic acids is 1. The molecule has 1 amide bonds. The predicted molar refractivity (Wildman–Crippen MR) is 168 cm³/mol. The molecule has 0 saturated carbocycles. The molecule has 0 bridgehead atoms. The summed E-state index contributed by atoms with van der Waals surface area (Å²) in [4.78, 5) is 13.0. The van der Waals surface area contributed by atoms with E-state index in [0.29, 0.717) is 35.3 Å². The Morgan fingerprint density at radius 1 is 0.884 bits per heavy atom. The van der Waals surface area contributed by atoms with E-state index in [1.807, 2.05) is 19.1 Å². The Kier molecular flexibility index (Phi) is 10.9. The smallest absolute Gasteiger partial charge is 0.264 e. The molecule has 224 valence electrons. The second-order valence-corrected chi connectivity index (χ2v) is 11.7. The first-order valence-corrected chi connectivity index (χ1v) is 15.3. The van der Waals surface area contributed by atoms with E-state index in [2.05, 4.69) is 10.5 Å². The molecule has 0 spiro atoms. The average Bonchev–Trinajstić information content (AvgIpc) is 3.01. The topological polar surface area (TPSA) is 107 Å². The molecule has 9 nitrogen and oxygen atoms in total. The van der Waals surface area contributed by atoms with E-state index in [1.54, 1.807) is 54.6 Å². The Hall–Kier alpha value is -4.25. The van der Waals surface area contributed by atoms with Crippen LogP contribution in [0, 0.1) is 0 Å². The SMILES string of the molecule is CCOc1cc(C=NNC(=O)CN(c2cc(Cl)ccc2OC)S(=O)(=O)c2ccccc2)ccc1OCc1ccc(Cl)cc1. The van der Waals surface area contributed by atoms with Crippen molar-refractivity contribution in [1.82, 2.24) is 5.43 Å². The fraction of sp³-hybridized carbons (Fsp3) is 0.161. The summed E-state index contributed by atoms with van der Waals surface area (Å²) in [6.07, 6.45) is 1.42. The van der Waals surface area contributed by atoms with Gasteiger partial charge in [0.15, 0.2) is 11.5 Å². The van der Waals surface area contributed by atoms with Crippen LogP contribution in [0.25, 0.3) is 0 Å².